The van der Waals surface area contributed by atoms with E-state index in [-0.39, 0.29) is 94.0 Å². The summed E-state index contributed by atoms with van der Waals surface area (Å²) in [4.78, 5) is 43.3. The maximum absolute atomic E-state index is 13.8. The van der Waals surface area contributed by atoms with Crippen molar-refractivity contribution >= 4 is 44.5 Å². The molecule has 0 saturated heterocycles. The zero-order valence-corrected chi connectivity index (χ0v) is 62.4. The number of nitro groups is 2. The second-order valence-corrected chi connectivity index (χ2v) is 21.8. The summed E-state index contributed by atoms with van der Waals surface area (Å²) in [7, 11) is 0. The number of nitrogens with zero attached hydrogens (tertiary/aromatic N) is 14. The van der Waals surface area contributed by atoms with Gasteiger partial charge in [-0.1, -0.05) is 170 Å². The van der Waals surface area contributed by atoms with Crippen LogP contribution in [0.15, 0.2) is 201 Å². The first kappa shape index (κ1) is 80.9. The van der Waals surface area contributed by atoms with E-state index in [0.29, 0.717) is 22.4 Å². The number of rotatable bonds is 8. The Morgan fingerprint density at radius 3 is 0.981 bits per heavy atom. The number of nitro benzene ring substituents is 2. The van der Waals surface area contributed by atoms with Gasteiger partial charge in [0.1, 0.15) is 23.3 Å². The first-order chi connectivity index (χ1) is 49.7. The van der Waals surface area contributed by atoms with E-state index in [1.807, 2.05) is 85.8 Å². The van der Waals surface area contributed by atoms with Gasteiger partial charge in [0.05, 0.1) is 18.2 Å². The van der Waals surface area contributed by atoms with Crippen molar-refractivity contribution in [1.82, 2.24) is 43.6 Å². The number of halogens is 6. The van der Waals surface area contributed by atoms with Crippen molar-refractivity contribution in [1.29, 1.82) is 15.8 Å². The maximum atomic E-state index is 13.8. The summed E-state index contributed by atoms with van der Waals surface area (Å²) in [5.74, 6) is -6.23. The van der Waals surface area contributed by atoms with E-state index in [4.69, 9.17) is 15.8 Å². The number of nitriles is 3. The van der Waals surface area contributed by atoms with Crippen LogP contribution >= 0.6 is 0 Å². The molecule has 0 radical (unpaired) electrons. The van der Waals surface area contributed by atoms with E-state index in [2.05, 4.69) is 103 Å². The van der Waals surface area contributed by atoms with Crippen LogP contribution in [0.1, 0.15) is 38.9 Å². The Labute approximate surface area is 642 Å². The van der Waals surface area contributed by atoms with Crippen LogP contribution in [0.2, 0.25) is 0 Å². The fourth-order valence-corrected chi connectivity index (χ4v) is 9.72. The topological polar surface area (TPSA) is 250 Å². The third-order valence-corrected chi connectivity index (χ3v) is 14.8. The van der Waals surface area contributed by atoms with Crippen molar-refractivity contribution in [3.05, 3.63) is 350 Å². The normalized spacial score (nSPS) is 10.1. The molecule has 6 heterocycles. The summed E-state index contributed by atoms with van der Waals surface area (Å²) in [6.45, 7) is 6.82. The molecule has 524 valence electrons. The second kappa shape index (κ2) is 37.7. The molecular weight excluding hydrogens is 1900 g/mol. The molecular formula is C79H45F6Ir3N14O4. The van der Waals surface area contributed by atoms with Gasteiger partial charge in [0.25, 0.3) is 11.4 Å². The number of imidazole rings is 3. The molecule has 0 atom stereocenters. The largest absolute Gasteiger partial charge is 3.00 e. The van der Waals surface area contributed by atoms with Crippen LogP contribution in [0.5, 0.6) is 0 Å². The molecule has 0 saturated carbocycles. The monoisotopic (exact) mass is 1950 g/mol. The summed E-state index contributed by atoms with van der Waals surface area (Å²) in [6.07, 6.45) is 13.2. The zero-order valence-electron chi connectivity index (χ0n) is 55.2. The molecule has 9 aromatic carbocycles. The smallest absolute Gasteiger partial charge is 0.448 e. The Hall–Kier alpha value is -12.4. The van der Waals surface area contributed by atoms with Crippen molar-refractivity contribution in [3.8, 4) is 69.0 Å². The Kier molecular flexibility index (Phi) is 28.8. The predicted octanol–water partition coefficient (Wildman–Crippen LogP) is 17.0. The summed E-state index contributed by atoms with van der Waals surface area (Å²) >= 11 is 0. The van der Waals surface area contributed by atoms with Gasteiger partial charge in [-0.2, -0.15) is 87.4 Å². The number of aryl methyl sites for hydroxylation is 3. The van der Waals surface area contributed by atoms with Gasteiger partial charge in [0.15, 0.2) is 0 Å². The number of hydrogen-bond donors (Lipinski definition) is 0. The second-order valence-electron chi connectivity index (χ2n) is 21.8. The van der Waals surface area contributed by atoms with E-state index >= 15 is 0 Å². The van der Waals surface area contributed by atoms with Gasteiger partial charge in [0, 0.05) is 59.1 Å². The molecule has 15 rings (SSSR count). The van der Waals surface area contributed by atoms with Crippen molar-refractivity contribution < 1.29 is 96.5 Å². The summed E-state index contributed by atoms with van der Waals surface area (Å²) in [5.41, 5.74) is 10.4. The minimum atomic E-state index is -1.27. The number of fused-ring (bicyclic) bond motifs is 3. The Morgan fingerprint density at radius 2 is 0.689 bits per heavy atom. The molecule has 6 aromatic heterocycles. The van der Waals surface area contributed by atoms with Gasteiger partial charge in [-0.25, -0.2) is 18.2 Å². The zero-order chi connectivity index (χ0) is 73.3. The molecule has 0 amide bonds. The number of pyridine rings is 3. The molecule has 27 heteroatoms. The van der Waals surface area contributed by atoms with Crippen LogP contribution in [0.3, 0.4) is 0 Å². The van der Waals surface area contributed by atoms with Crippen LogP contribution in [0.4, 0.5) is 37.7 Å². The van der Waals surface area contributed by atoms with Crippen molar-refractivity contribution in [2.24, 2.45) is 0 Å². The third-order valence-electron chi connectivity index (χ3n) is 14.8. The summed E-state index contributed by atoms with van der Waals surface area (Å²) in [5, 5.41) is 47.8. The number of benzene rings is 9. The van der Waals surface area contributed by atoms with Gasteiger partial charge in [-0.3, -0.25) is 46.6 Å². The Balaban J connectivity index is 0.000000177. The minimum Gasteiger partial charge on any atom is -0.448 e. The summed E-state index contributed by atoms with van der Waals surface area (Å²) in [6, 6.07) is 74.4. The van der Waals surface area contributed by atoms with E-state index in [9.17, 15) is 46.6 Å². The van der Waals surface area contributed by atoms with E-state index in [1.54, 1.807) is 107 Å². The fraction of sp³-hybridized carbons (Fsp3) is 0.0506. The van der Waals surface area contributed by atoms with Crippen LogP contribution in [0.25, 0.3) is 83.9 Å². The Morgan fingerprint density at radius 1 is 0.396 bits per heavy atom. The number of aromatic nitrogens is 9. The van der Waals surface area contributed by atoms with Crippen molar-refractivity contribution in [2.75, 3.05) is 0 Å². The van der Waals surface area contributed by atoms with Gasteiger partial charge in [-0.15, -0.1) is 36.4 Å². The third kappa shape index (κ3) is 19.5. The molecule has 0 N–H and O–H groups in total. The molecule has 0 aliphatic rings. The number of hydrogen-bond acceptors (Lipinski definition) is 13. The van der Waals surface area contributed by atoms with Crippen molar-refractivity contribution in [3.63, 3.8) is 0 Å². The van der Waals surface area contributed by atoms with Gasteiger partial charge in [0.2, 0.25) is 0 Å². The van der Waals surface area contributed by atoms with Gasteiger partial charge < -0.3 is 43.6 Å². The number of para-hydroxylation sites is 6. The molecule has 18 nitrogen and oxygen atoms in total. The van der Waals surface area contributed by atoms with Gasteiger partial charge in [-0.05, 0) is 72.6 Å². The van der Waals surface area contributed by atoms with E-state index < -0.39 is 56.1 Å². The SMILES string of the molecule is Cc1ccnc(-c2[c-]cc(F)c(C)c2F)c1.Cc1ccnc(-c2[c-]cc(F)c([N+](=O)[O-])c2F)c1.Cc1ccnc(-c2[c-]cc(F)c([N+](=O)[O-])c2F)c1.N#Cc1cc[c-]c(-n2[c-]nc3ccccc32)c1.N#Cc1cc[c-]c(-n2[c-]nc3ccccc32)c1.N#Cc1cc[c-]c(-n2[c-]nc3ccccc32)c1.[Ir+3].[Ir+3].[Ir+3]. The molecule has 0 bridgehead atoms. The van der Waals surface area contributed by atoms with Crippen LogP contribution in [0, 0.1) is 172 Å². The predicted molar refractivity (Wildman–Crippen MR) is 368 cm³/mol. The quantitative estimate of drug-likeness (QED) is 0.0595. The van der Waals surface area contributed by atoms with E-state index in [0.717, 1.165) is 85.1 Å². The molecule has 0 spiro atoms. The van der Waals surface area contributed by atoms with E-state index in [1.165, 1.54) is 31.5 Å². The van der Waals surface area contributed by atoms with Gasteiger partial charge >= 0.3 is 60.3 Å². The minimum absolute atomic E-state index is 0. The molecule has 0 fully saturated rings. The van der Waals surface area contributed by atoms with Crippen molar-refractivity contribution in [2.45, 2.75) is 27.7 Å². The van der Waals surface area contributed by atoms with Crippen LogP contribution < -0.4 is 0 Å². The Bertz CT molecular complexity index is 5390. The molecule has 0 unspecified atom stereocenters. The molecule has 106 heavy (non-hydrogen) atoms. The fourth-order valence-electron chi connectivity index (χ4n) is 9.72. The maximum Gasteiger partial charge on any atom is 3.00 e. The first-order valence-electron chi connectivity index (χ1n) is 30.3. The molecule has 0 aliphatic carbocycles. The first-order valence-corrected chi connectivity index (χ1v) is 30.3. The average molecular weight is 1940 g/mol. The average Bonchev–Trinajstić information content (AvgIpc) is 1.30. The van der Waals surface area contributed by atoms with Crippen LogP contribution in [-0.4, -0.2) is 53.5 Å². The molecule has 0 aliphatic heterocycles. The molecule has 15 aromatic rings. The van der Waals surface area contributed by atoms with Crippen LogP contribution in [-0.2, 0) is 60.3 Å². The standard InChI is InChI=1S/3C14H7N3.C13H10F2N.2C12H7F2N2O2.3Ir/c3*15-9-11-4-3-5-12(8-11)17-10-16-13-6-1-2-7-14(13)17;1-8-5-6-16-12(7-8)10-3-4-11(14)9(2)13(10)15;2*1-7-4-5-15-10(6-7)8-2-3-9(13)12(11(8)14)16(17)18;;;/h3*1-4,6-8H;4-7H,1-2H3;2*3-6H,1H3;;;/q3*-2;3*-1;3*+3. The summed E-state index contributed by atoms with van der Waals surface area (Å²) < 4.78 is 86.2.